The molecule has 0 fully saturated rings. The first-order chi connectivity index (χ1) is 11.1. The number of hydrogen-bond acceptors (Lipinski definition) is 6. The van der Waals surface area contributed by atoms with Crippen LogP contribution in [-0.4, -0.2) is 25.9 Å². The molecule has 114 valence electrons. The summed E-state index contributed by atoms with van der Waals surface area (Å²) in [4.78, 5) is 23.8. The molecule has 0 saturated heterocycles. The van der Waals surface area contributed by atoms with Crippen LogP contribution >= 0.6 is 11.3 Å². The first kappa shape index (κ1) is 13.8. The minimum Gasteiger partial charge on any atom is -0.352 e. The number of aromatic amines is 1. The number of carbonyl (C=O) groups is 1. The number of fused-ring (bicyclic) bond motifs is 1. The SMILES string of the molecule is Cc1nc(-c2csc(C(=O)c3cc4cc(F)ccc4[nH]3)n2)no1. The van der Waals surface area contributed by atoms with Gasteiger partial charge in [-0.05, 0) is 24.3 Å². The quantitative estimate of drug-likeness (QED) is 0.583. The van der Waals surface area contributed by atoms with Crippen LogP contribution in [0.4, 0.5) is 4.39 Å². The number of aryl methyl sites for hydroxylation is 1. The number of hydrogen-bond donors (Lipinski definition) is 1. The lowest BCUT2D eigenvalue weighted by Crippen LogP contribution is -2.00. The molecule has 3 aromatic heterocycles. The van der Waals surface area contributed by atoms with E-state index in [2.05, 4.69) is 20.1 Å². The Kier molecular flexibility index (Phi) is 3.05. The highest BCUT2D eigenvalue weighted by Gasteiger charge is 2.18. The molecule has 1 N–H and O–H groups in total. The predicted octanol–water partition coefficient (Wildman–Crippen LogP) is 3.35. The zero-order valence-electron chi connectivity index (χ0n) is 11.8. The van der Waals surface area contributed by atoms with E-state index in [1.165, 1.54) is 23.5 Å². The van der Waals surface area contributed by atoms with E-state index < -0.39 is 0 Å². The Morgan fingerprint density at radius 1 is 1.30 bits per heavy atom. The van der Waals surface area contributed by atoms with Crippen LogP contribution in [0.2, 0.25) is 0 Å². The van der Waals surface area contributed by atoms with Crippen molar-refractivity contribution in [3.05, 3.63) is 52.1 Å². The van der Waals surface area contributed by atoms with Crippen LogP contribution < -0.4 is 0 Å². The van der Waals surface area contributed by atoms with Gasteiger partial charge in [-0.2, -0.15) is 4.98 Å². The van der Waals surface area contributed by atoms with Gasteiger partial charge in [0.25, 0.3) is 0 Å². The smallest absolute Gasteiger partial charge is 0.237 e. The maximum absolute atomic E-state index is 13.2. The van der Waals surface area contributed by atoms with Crippen molar-refractivity contribution < 1.29 is 13.7 Å². The zero-order chi connectivity index (χ0) is 16.0. The number of halogens is 1. The maximum Gasteiger partial charge on any atom is 0.237 e. The second-order valence-electron chi connectivity index (χ2n) is 4.92. The molecule has 0 aliphatic carbocycles. The van der Waals surface area contributed by atoms with Crippen LogP contribution in [0.5, 0.6) is 0 Å². The highest BCUT2D eigenvalue weighted by Crippen LogP contribution is 2.23. The number of benzene rings is 1. The van der Waals surface area contributed by atoms with Crippen molar-refractivity contribution in [3.8, 4) is 11.5 Å². The first-order valence-electron chi connectivity index (χ1n) is 6.69. The Hall–Kier alpha value is -2.87. The highest BCUT2D eigenvalue weighted by molar-refractivity contribution is 7.12. The lowest BCUT2D eigenvalue weighted by Gasteiger charge is -1.91. The second kappa shape index (κ2) is 5.10. The zero-order valence-corrected chi connectivity index (χ0v) is 12.6. The topological polar surface area (TPSA) is 84.7 Å². The fourth-order valence-electron chi connectivity index (χ4n) is 2.23. The molecular formula is C15H9FN4O2S. The molecule has 0 bridgehead atoms. The summed E-state index contributed by atoms with van der Waals surface area (Å²) in [6, 6.07) is 5.92. The van der Waals surface area contributed by atoms with Gasteiger partial charge in [0.15, 0.2) is 5.01 Å². The largest absolute Gasteiger partial charge is 0.352 e. The van der Waals surface area contributed by atoms with Crippen molar-refractivity contribution >= 4 is 28.0 Å². The first-order valence-corrected chi connectivity index (χ1v) is 7.57. The molecule has 0 aliphatic heterocycles. The van der Waals surface area contributed by atoms with E-state index in [0.29, 0.717) is 39.0 Å². The number of rotatable bonds is 3. The Bertz CT molecular complexity index is 1030. The molecule has 4 aromatic rings. The van der Waals surface area contributed by atoms with Crippen molar-refractivity contribution in [1.82, 2.24) is 20.1 Å². The molecular weight excluding hydrogens is 319 g/mol. The number of carbonyl (C=O) groups excluding carboxylic acids is 1. The van der Waals surface area contributed by atoms with Crippen LogP contribution in [0.25, 0.3) is 22.4 Å². The normalized spacial score (nSPS) is 11.2. The Morgan fingerprint density at radius 2 is 2.17 bits per heavy atom. The van der Waals surface area contributed by atoms with E-state index in [9.17, 15) is 9.18 Å². The average molecular weight is 328 g/mol. The third kappa shape index (κ3) is 2.42. The van der Waals surface area contributed by atoms with Crippen molar-refractivity contribution in [1.29, 1.82) is 0 Å². The van der Waals surface area contributed by atoms with Gasteiger partial charge in [0, 0.05) is 23.2 Å². The predicted molar refractivity (Wildman–Crippen MR) is 81.8 cm³/mol. The van der Waals surface area contributed by atoms with E-state index in [0.717, 1.165) is 0 Å². The molecule has 8 heteroatoms. The Labute approximate surface area is 133 Å². The number of nitrogens with one attached hydrogen (secondary N) is 1. The second-order valence-corrected chi connectivity index (χ2v) is 5.78. The summed E-state index contributed by atoms with van der Waals surface area (Å²) < 4.78 is 18.1. The molecule has 6 nitrogen and oxygen atoms in total. The number of thiazole rings is 1. The molecule has 0 unspecified atom stereocenters. The van der Waals surface area contributed by atoms with E-state index in [1.54, 1.807) is 24.4 Å². The van der Waals surface area contributed by atoms with Crippen LogP contribution in [0.3, 0.4) is 0 Å². The molecule has 0 amide bonds. The van der Waals surface area contributed by atoms with Gasteiger partial charge in [-0.25, -0.2) is 9.37 Å². The van der Waals surface area contributed by atoms with Crippen LogP contribution in [0, 0.1) is 12.7 Å². The molecule has 23 heavy (non-hydrogen) atoms. The van der Waals surface area contributed by atoms with Gasteiger partial charge in [0.1, 0.15) is 11.5 Å². The van der Waals surface area contributed by atoms with Gasteiger partial charge in [-0.1, -0.05) is 5.16 Å². The standard InChI is InChI=1S/C15H9FN4O2S/c1-7-17-14(20-22-7)12-6-23-15(19-12)13(21)11-5-8-4-9(16)2-3-10(8)18-11/h2-6,18H,1H3. The van der Waals surface area contributed by atoms with Gasteiger partial charge in [-0.15, -0.1) is 11.3 Å². The van der Waals surface area contributed by atoms with Crippen molar-refractivity contribution in [2.75, 3.05) is 0 Å². The van der Waals surface area contributed by atoms with Gasteiger partial charge < -0.3 is 9.51 Å². The van der Waals surface area contributed by atoms with Crippen molar-refractivity contribution in [2.45, 2.75) is 6.92 Å². The third-order valence-corrected chi connectivity index (χ3v) is 4.12. The number of aromatic nitrogens is 4. The maximum atomic E-state index is 13.2. The molecule has 0 atom stereocenters. The summed E-state index contributed by atoms with van der Waals surface area (Å²) in [5, 5.41) is 6.41. The highest BCUT2D eigenvalue weighted by atomic mass is 32.1. The summed E-state index contributed by atoms with van der Waals surface area (Å²) >= 11 is 1.19. The molecule has 4 rings (SSSR count). The summed E-state index contributed by atoms with van der Waals surface area (Å²) in [5.74, 6) is 0.160. The van der Waals surface area contributed by atoms with E-state index in [-0.39, 0.29) is 11.6 Å². The van der Waals surface area contributed by atoms with Gasteiger partial charge in [0.05, 0.1) is 5.69 Å². The number of H-pyrrole nitrogens is 1. The van der Waals surface area contributed by atoms with Gasteiger partial charge in [0.2, 0.25) is 17.5 Å². The van der Waals surface area contributed by atoms with E-state index >= 15 is 0 Å². The van der Waals surface area contributed by atoms with Crippen LogP contribution in [0.1, 0.15) is 21.4 Å². The van der Waals surface area contributed by atoms with Crippen LogP contribution in [-0.2, 0) is 0 Å². The van der Waals surface area contributed by atoms with Gasteiger partial charge >= 0.3 is 0 Å². The fourth-order valence-corrected chi connectivity index (χ4v) is 2.97. The van der Waals surface area contributed by atoms with E-state index in [4.69, 9.17) is 4.52 Å². The molecule has 1 aromatic carbocycles. The minimum absolute atomic E-state index is 0.266. The molecule has 0 radical (unpaired) electrons. The lowest BCUT2D eigenvalue weighted by molar-refractivity contribution is 0.103. The van der Waals surface area contributed by atoms with Crippen molar-refractivity contribution in [3.63, 3.8) is 0 Å². The molecule has 3 heterocycles. The summed E-state index contributed by atoms with van der Waals surface area (Å²) in [5.41, 5.74) is 1.54. The van der Waals surface area contributed by atoms with E-state index in [1.807, 2.05) is 0 Å². The third-order valence-electron chi connectivity index (χ3n) is 3.28. The van der Waals surface area contributed by atoms with Crippen LogP contribution in [0.15, 0.2) is 34.2 Å². The fraction of sp³-hybridized carbons (Fsp3) is 0.0667. The summed E-state index contributed by atoms with van der Waals surface area (Å²) in [7, 11) is 0. The Morgan fingerprint density at radius 3 is 2.96 bits per heavy atom. The summed E-state index contributed by atoms with van der Waals surface area (Å²) in [6.45, 7) is 1.68. The van der Waals surface area contributed by atoms with Crippen molar-refractivity contribution in [2.24, 2.45) is 0 Å². The summed E-state index contributed by atoms with van der Waals surface area (Å²) in [6.07, 6.45) is 0. The monoisotopic (exact) mass is 328 g/mol. The number of nitrogens with zero attached hydrogens (tertiary/aromatic N) is 3. The minimum atomic E-state index is -0.348. The average Bonchev–Trinajstić information content (AvgIpc) is 3.23. The Balaban J connectivity index is 1.69. The molecule has 0 saturated carbocycles. The molecule has 0 spiro atoms. The lowest BCUT2D eigenvalue weighted by atomic mass is 10.2. The molecule has 0 aliphatic rings. The van der Waals surface area contributed by atoms with Gasteiger partial charge in [-0.3, -0.25) is 4.79 Å². The number of ketones is 1.